The van der Waals surface area contributed by atoms with Gasteiger partial charge in [-0.2, -0.15) is 0 Å². The number of benzene rings is 1. The molecule has 0 aliphatic heterocycles. The van der Waals surface area contributed by atoms with Crippen molar-refractivity contribution in [2.24, 2.45) is 0 Å². The van der Waals surface area contributed by atoms with Gasteiger partial charge in [0.1, 0.15) is 16.8 Å². The maximum Gasteiger partial charge on any atom is 0.172 e. The van der Waals surface area contributed by atoms with E-state index >= 15 is 0 Å². The van der Waals surface area contributed by atoms with E-state index in [9.17, 15) is 4.39 Å². The van der Waals surface area contributed by atoms with E-state index in [-0.39, 0.29) is 5.82 Å². The summed E-state index contributed by atoms with van der Waals surface area (Å²) in [5.74, 6) is 0.614. The van der Waals surface area contributed by atoms with Gasteiger partial charge in [0.15, 0.2) is 11.5 Å². The molecule has 0 aliphatic carbocycles. The van der Waals surface area contributed by atoms with Gasteiger partial charge in [0.05, 0.1) is 10.0 Å². The number of hydrogen-bond donors (Lipinski definition) is 0. The first kappa shape index (κ1) is 12.5. The Hall–Kier alpha value is -1.53. The predicted molar refractivity (Wildman–Crippen MR) is 73.6 cm³/mol. The highest BCUT2D eigenvalue weighted by Crippen LogP contribution is 2.27. The zero-order chi connectivity index (χ0) is 13.6. The first-order valence-corrected chi connectivity index (χ1v) is 6.57. The lowest BCUT2D eigenvalue weighted by atomic mass is 10.2. The second-order valence-corrected chi connectivity index (χ2v) is 5.19. The average molecular weight is 342 g/mol. The van der Waals surface area contributed by atoms with Crippen LogP contribution in [-0.2, 0) is 0 Å². The molecule has 0 amide bonds. The van der Waals surface area contributed by atoms with Crippen LogP contribution in [0.3, 0.4) is 0 Å². The fourth-order valence-electron chi connectivity index (χ4n) is 1.90. The van der Waals surface area contributed by atoms with Gasteiger partial charge < -0.3 is 0 Å². The molecule has 96 valence electrons. The molecule has 4 nitrogen and oxygen atoms in total. The van der Waals surface area contributed by atoms with E-state index in [1.54, 1.807) is 35.6 Å². The first-order valence-electron chi connectivity index (χ1n) is 5.40. The third kappa shape index (κ3) is 2.01. The fraction of sp³-hybridized carbons (Fsp3) is 0.0833. The van der Waals surface area contributed by atoms with Gasteiger partial charge in [-0.3, -0.25) is 4.40 Å². The molecule has 3 rings (SSSR count). The van der Waals surface area contributed by atoms with Gasteiger partial charge >= 0.3 is 0 Å². The Labute approximate surface area is 121 Å². The van der Waals surface area contributed by atoms with Crippen LogP contribution in [0, 0.1) is 12.7 Å². The van der Waals surface area contributed by atoms with E-state index in [0.717, 1.165) is 0 Å². The summed E-state index contributed by atoms with van der Waals surface area (Å²) in [4.78, 5) is 4.13. The second kappa shape index (κ2) is 4.54. The number of hydrogen-bond acceptors (Lipinski definition) is 3. The molecule has 2 aromatic heterocycles. The lowest BCUT2D eigenvalue weighted by Gasteiger charge is -2.05. The van der Waals surface area contributed by atoms with Crippen LogP contribution in [0.4, 0.5) is 4.39 Å². The monoisotopic (exact) mass is 340 g/mol. The minimum Gasteiger partial charge on any atom is -0.263 e. The molecule has 7 heteroatoms. The Balaban J connectivity index is 2.35. The normalized spacial score (nSPS) is 11.2. The van der Waals surface area contributed by atoms with Crippen LogP contribution in [0.2, 0.25) is 5.15 Å². The number of aromatic nitrogens is 4. The molecule has 0 radical (unpaired) electrons. The van der Waals surface area contributed by atoms with Crippen LogP contribution in [0.1, 0.15) is 5.82 Å². The van der Waals surface area contributed by atoms with Crippen LogP contribution >= 0.6 is 27.5 Å². The molecule has 0 fully saturated rings. The van der Waals surface area contributed by atoms with E-state index in [1.165, 1.54) is 0 Å². The predicted octanol–water partition coefficient (Wildman–Crippen LogP) is 3.65. The molecule has 3 aromatic rings. The fourth-order valence-corrected chi connectivity index (χ4v) is 2.49. The van der Waals surface area contributed by atoms with Crippen LogP contribution in [0.5, 0.6) is 0 Å². The Morgan fingerprint density at radius 3 is 2.89 bits per heavy atom. The van der Waals surface area contributed by atoms with Gasteiger partial charge in [-0.15, -0.1) is 10.2 Å². The van der Waals surface area contributed by atoms with Crippen molar-refractivity contribution in [2.75, 3.05) is 0 Å². The van der Waals surface area contributed by atoms with Gasteiger partial charge in [-0.25, -0.2) is 9.37 Å². The maximum absolute atomic E-state index is 14.1. The third-order valence-corrected chi connectivity index (χ3v) is 3.53. The Morgan fingerprint density at radius 1 is 1.32 bits per heavy atom. The van der Waals surface area contributed by atoms with Gasteiger partial charge in [-0.1, -0.05) is 17.7 Å². The standard InChI is InChI=1S/C12H7BrClFN4/c1-6-16-9(14)5-10-17-18-12(19(6)10)7-3-2-4-8(13)11(7)15/h2-5H,1H3. The SMILES string of the molecule is Cc1nc(Cl)cc2nnc(-c3cccc(Br)c3F)n12. The molecular formula is C12H7BrClFN4. The lowest BCUT2D eigenvalue weighted by Crippen LogP contribution is -1.99. The average Bonchev–Trinajstić information content (AvgIpc) is 2.76. The maximum atomic E-state index is 14.1. The third-order valence-electron chi connectivity index (χ3n) is 2.72. The van der Waals surface area contributed by atoms with Crippen molar-refractivity contribution in [2.45, 2.75) is 6.92 Å². The molecule has 0 bridgehead atoms. The number of aryl methyl sites for hydroxylation is 1. The quantitative estimate of drug-likeness (QED) is 0.635. The van der Waals surface area contributed by atoms with Crippen molar-refractivity contribution in [1.82, 2.24) is 19.6 Å². The lowest BCUT2D eigenvalue weighted by molar-refractivity contribution is 0.623. The molecule has 0 spiro atoms. The molecule has 0 saturated heterocycles. The molecule has 2 heterocycles. The van der Waals surface area contributed by atoms with E-state index < -0.39 is 0 Å². The minimum atomic E-state index is -0.383. The van der Waals surface area contributed by atoms with E-state index in [4.69, 9.17) is 11.6 Å². The van der Waals surface area contributed by atoms with Gasteiger partial charge in [0, 0.05) is 6.07 Å². The molecule has 0 N–H and O–H groups in total. The smallest absolute Gasteiger partial charge is 0.172 e. The summed E-state index contributed by atoms with van der Waals surface area (Å²) in [6, 6.07) is 6.60. The Bertz CT molecular complexity index is 787. The van der Waals surface area contributed by atoms with E-state index in [1.807, 2.05) is 0 Å². The molecular weight excluding hydrogens is 335 g/mol. The molecule has 0 unspecified atom stereocenters. The van der Waals surface area contributed by atoms with Crippen molar-refractivity contribution in [3.8, 4) is 11.4 Å². The summed E-state index contributed by atoms with van der Waals surface area (Å²) in [6.07, 6.45) is 0. The van der Waals surface area contributed by atoms with Gasteiger partial charge in [0.2, 0.25) is 0 Å². The van der Waals surface area contributed by atoms with Crippen molar-refractivity contribution < 1.29 is 4.39 Å². The summed E-state index contributed by atoms with van der Waals surface area (Å²) >= 11 is 9.02. The van der Waals surface area contributed by atoms with Gasteiger partial charge in [0.25, 0.3) is 0 Å². The number of rotatable bonds is 1. The zero-order valence-electron chi connectivity index (χ0n) is 9.73. The van der Waals surface area contributed by atoms with Crippen molar-refractivity contribution in [3.05, 3.63) is 45.5 Å². The highest BCUT2D eigenvalue weighted by molar-refractivity contribution is 9.10. The summed E-state index contributed by atoms with van der Waals surface area (Å²) in [5.41, 5.74) is 0.890. The van der Waals surface area contributed by atoms with E-state index in [0.29, 0.717) is 32.5 Å². The largest absolute Gasteiger partial charge is 0.263 e. The van der Waals surface area contributed by atoms with Crippen molar-refractivity contribution >= 4 is 33.2 Å². The number of nitrogens with zero attached hydrogens (tertiary/aromatic N) is 4. The topological polar surface area (TPSA) is 43.1 Å². The van der Waals surface area contributed by atoms with E-state index in [2.05, 4.69) is 31.1 Å². The molecule has 0 atom stereocenters. The molecule has 19 heavy (non-hydrogen) atoms. The summed E-state index contributed by atoms with van der Waals surface area (Å²) < 4.78 is 16.2. The van der Waals surface area contributed by atoms with Crippen LogP contribution in [0.25, 0.3) is 17.0 Å². The van der Waals surface area contributed by atoms with Crippen molar-refractivity contribution in [1.29, 1.82) is 0 Å². The van der Waals surface area contributed by atoms with Crippen LogP contribution in [0.15, 0.2) is 28.7 Å². The summed E-state index contributed by atoms with van der Waals surface area (Å²) in [7, 11) is 0. The number of fused-ring (bicyclic) bond motifs is 1. The minimum absolute atomic E-state index is 0.332. The summed E-state index contributed by atoms with van der Waals surface area (Å²) in [5, 5.41) is 8.35. The van der Waals surface area contributed by atoms with Crippen LogP contribution < -0.4 is 0 Å². The molecule has 0 saturated carbocycles. The van der Waals surface area contributed by atoms with Crippen LogP contribution in [-0.4, -0.2) is 19.6 Å². The summed E-state index contributed by atoms with van der Waals surface area (Å²) in [6.45, 7) is 1.77. The highest BCUT2D eigenvalue weighted by atomic mass is 79.9. The zero-order valence-corrected chi connectivity index (χ0v) is 12.1. The van der Waals surface area contributed by atoms with Gasteiger partial charge in [-0.05, 0) is 35.0 Å². The number of halogens is 3. The Morgan fingerprint density at radius 2 is 2.11 bits per heavy atom. The first-order chi connectivity index (χ1) is 9.08. The Kier molecular flexibility index (Phi) is 2.99. The van der Waals surface area contributed by atoms with Crippen molar-refractivity contribution in [3.63, 3.8) is 0 Å². The molecule has 1 aromatic carbocycles. The second-order valence-electron chi connectivity index (χ2n) is 3.94. The molecule has 0 aliphatic rings. The highest BCUT2D eigenvalue weighted by Gasteiger charge is 2.16.